The fraction of sp³-hybridized carbons (Fsp3) is 0.207. The first-order chi connectivity index (χ1) is 19.1. The van der Waals surface area contributed by atoms with Gasteiger partial charge in [0.25, 0.3) is 17.7 Å². The average molecular weight is 597 g/mol. The van der Waals surface area contributed by atoms with Crippen molar-refractivity contribution in [2.24, 2.45) is 11.8 Å². The van der Waals surface area contributed by atoms with Crippen LogP contribution in [0.2, 0.25) is 10.0 Å². The normalized spacial score (nSPS) is 18.3. The molecule has 2 aromatic carbocycles. The molecule has 1 fully saturated rings. The van der Waals surface area contributed by atoms with Gasteiger partial charge in [-0.25, -0.2) is 9.80 Å². The summed E-state index contributed by atoms with van der Waals surface area (Å²) < 4.78 is 5.33. The minimum absolute atomic E-state index is 0.0582. The van der Waals surface area contributed by atoms with Gasteiger partial charge in [0.15, 0.2) is 5.78 Å². The summed E-state index contributed by atoms with van der Waals surface area (Å²) >= 11 is 13.4. The van der Waals surface area contributed by atoms with Crippen LogP contribution in [0.3, 0.4) is 0 Å². The summed E-state index contributed by atoms with van der Waals surface area (Å²) in [5, 5.41) is 3.78. The van der Waals surface area contributed by atoms with Crippen LogP contribution in [-0.2, 0) is 9.59 Å². The number of amides is 3. The molecule has 0 bridgehead atoms. The summed E-state index contributed by atoms with van der Waals surface area (Å²) in [6.45, 7) is 1.30. The second-order valence-corrected chi connectivity index (χ2v) is 11.3. The molecule has 0 spiro atoms. The molecule has 2 heterocycles. The van der Waals surface area contributed by atoms with E-state index in [-0.39, 0.29) is 26.9 Å². The van der Waals surface area contributed by atoms with Crippen LogP contribution in [-0.4, -0.2) is 46.0 Å². The lowest BCUT2D eigenvalue weighted by atomic mass is 9.82. The van der Waals surface area contributed by atoms with Gasteiger partial charge >= 0.3 is 5.97 Å². The highest BCUT2D eigenvalue weighted by atomic mass is 35.5. The third-order valence-corrected chi connectivity index (χ3v) is 8.43. The fourth-order valence-electron chi connectivity index (χ4n) is 4.76. The van der Waals surface area contributed by atoms with Crippen molar-refractivity contribution in [2.45, 2.75) is 19.8 Å². The SMILES string of the molecule is CC1=CC[C@@H]2C(=O)N(N(CC(=O)c3ccc(OC(=O)c4cccs4)cc3)C(=O)c3ccc(Cl)c(Cl)c3)C(=O)[C@H]2C1. The predicted molar refractivity (Wildman–Crippen MR) is 149 cm³/mol. The van der Waals surface area contributed by atoms with Crippen molar-refractivity contribution in [1.29, 1.82) is 0 Å². The van der Waals surface area contributed by atoms with Crippen LogP contribution in [0.5, 0.6) is 5.75 Å². The molecule has 8 nitrogen and oxygen atoms in total. The van der Waals surface area contributed by atoms with Gasteiger partial charge in [-0.05, 0) is 73.7 Å². The summed E-state index contributed by atoms with van der Waals surface area (Å²) in [6.07, 6.45) is 2.70. The number of hydrazine groups is 1. The summed E-state index contributed by atoms with van der Waals surface area (Å²) in [5.41, 5.74) is 1.24. The molecule has 5 rings (SSSR count). The first kappa shape index (κ1) is 27.8. The Balaban J connectivity index is 1.40. The molecule has 3 amide bonds. The van der Waals surface area contributed by atoms with Gasteiger partial charge in [-0.1, -0.05) is 40.9 Å². The second-order valence-electron chi connectivity index (χ2n) is 9.50. The molecule has 2 atom stereocenters. The number of fused-ring (bicyclic) bond motifs is 1. The van der Waals surface area contributed by atoms with E-state index in [4.69, 9.17) is 27.9 Å². The highest BCUT2D eigenvalue weighted by Gasteiger charge is 2.51. The molecule has 1 aromatic heterocycles. The van der Waals surface area contributed by atoms with Gasteiger partial charge in [0, 0.05) is 11.1 Å². The lowest BCUT2D eigenvalue weighted by molar-refractivity contribution is -0.154. The Morgan fingerprint density at radius 2 is 1.68 bits per heavy atom. The van der Waals surface area contributed by atoms with Gasteiger partial charge in [-0.3, -0.25) is 19.2 Å². The standard InChI is InChI=1S/C29H22Cl2N2O6S/c1-16-4-10-20-21(13-16)28(37)33(27(20)36)32(26(35)18-7-11-22(30)23(31)14-18)15-24(34)17-5-8-19(9-6-17)39-29(38)25-3-2-12-40-25/h2-9,11-12,14,20-21H,10,13,15H2,1H3/t20-,21-/m0/s1. The number of ether oxygens (including phenoxy) is 1. The maximum atomic E-state index is 13.7. The van der Waals surface area contributed by atoms with E-state index in [0.717, 1.165) is 15.6 Å². The number of nitrogens with zero attached hydrogens (tertiary/aromatic N) is 2. The number of Topliss-reactive ketones (excluding diaryl/α,β-unsaturated/α-hetero) is 1. The summed E-state index contributed by atoms with van der Waals surface area (Å²) in [4.78, 5) is 66.5. The maximum Gasteiger partial charge on any atom is 0.353 e. The summed E-state index contributed by atoms with van der Waals surface area (Å²) in [5.74, 6) is -3.84. The molecule has 1 aliphatic heterocycles. The second kappa shape index (κ2) is 11.4. The van der Waals surface area contributed by atoms with E-state index < -0.39 is 47.9 Å². The van der Waals surface area contributed by atoms with E-state index in [9.17, 15) is 24.0 Å². The zero-order chi connectivity index (χ0) is 28.6. The Morgan fingerprint density at radius 3 is 2.35 bits per heavy atom. The molecule has 0 radical (unpaired) electrons. The largest absolute Gasteiger partial charge is 0.422 e. The van der Waals surface area contributed by atoms with Gasteiger partial charge in [0.05, 0.1) is 21.9 Å². The van der Waals surface area contributed by atoms with Crippen molar-refractivity contribution in [2.75, 3.05) is 6.54 Å². The van der Waals surface area contributed by atoms with Crippen LogP contribution in [0.15, 0.2) is 71.6 Å². The number of allylic oxidation sites excluding steroid dienone is 2. The van der Waals surface area contributed by atoms with E-state index in [0.29, 0.717) is 17.7 Å². The van der Waals surface area contributed by atoms with Crippen LogP contribution >= 0.6 is 34.5 Å². The first-order valence-electron chi connectivity index (χ1n) is 12.3. The molecule has 0 N–H and O–H groups in total. The van der Waals surface area contributed by atoms with E-state index in [1.165, 1.54) is 53.8 Å². The van der Waals surface area contributed by atoms with E-state index in [2.05, 4.69) is 0 Å². The van der Waals surface area contributed by atoms with Crippen molar-refractivity contribution < 1.29 is 28.7 Å². The molecule has 0 saturated carbocycles. The third-order valence-electron chi connectivity index (χ3n) is 6.84. The molecule has 3 aromatic rings. The molecular formula is C29H22Cl2N2O6S. The number of hydrogen-bond acceptors (Lipinski definition) is 7. The maximum absolute atomic E-state index is 13.7. The number of hydrogen-bond donors (Lipinski definition) is 0. The van der Waals surface area contributed by atoms with Crippen molar-refractivity contribution in [3.8, 4) is 5.75 Å². The fourth-order valence-corrected chi connectivity index (χ4v) is 5.65. The lowest BCUT2D eigenvalue weighted by Crippen LogP contribution is -2.52. The van der Waals surface area contributed by atoms with Crippen molar-refractivity contribution in [3.05, 3.63) is 97.7 Å². The number of imide groups is 1. The van der Waals surface area contributed by atoms with E-state index >= 15 is 0 Å². The highest BCUT2D eigenvalue weighted by molar-refractivity contribution is 7.12. The molecule has 40 heavy (non-hydrogen) atoms. The van der Waals surface area contributed by atoms with Crippen LogP contribution in [0, 0.1) is 11.8 Å². The van der Waals surface area contributed by atoms with Gasteiger partial charge in [-0.15, -0.1) is 11.3 Å². The smallest absolute Gasteiger partial charge is 0.353 e. The van der Waals surface area contributed by atoms with Crippen molar-refractivity contribution in [3.63, 3.8) is 0 Å². The molecule has 0 unspecified atom stereocenters. The number of carbonyl (C=O) groups excluding carboxylic acids is 5. The van der Waals surface area contributed by atoms with E-state index in [1.54, 1.807) is 17.5 Å². The van der Waals surface area contributed by atoms with Crippen molar-refractivity contribution in [1.82, 2.24) is 10.0 Å². The van der Waals surface area contributed by atoms with Crippen LogP contribution < -0.4 is 4.74 Å². The Morgan fingerprint density at radius 1 is 0.975 bits per heavy atom. The number of ketones is 1. The first-order valence-corrected chi connectivity index (χ1v) is 14.0. The molecule has 2 aliphatic rings. The monoisotopic (exact) mass is 596 g/mol. The zero-order valence-electron chi connectivity index (χ0n) is 21.1. The number of carbonyl (C=O) groups is 5. The lowest BCUT2D eigenvalue weighted by Gasteiger charge is -2.30. The van der Waals surface area contributed by atoms with Gasteiger partial charge < -0.3 is 4.74 Å². The van der Waals surface area contributed by atoms with Crippen molar-refractivity contribution >= 4 is 64.0 Å². The minimum atomic E-state index is -0.751. The predicted octanol–water partition coefficient (Wildman–Crippen LogP) is 5.86. The molecular weight excluding hydrogens is 575 g/mol. The topological polar surface area (TPSA) is 101 Å². The third kappa shape index (κ3) is 5.45. The summed E-state index contributed by atoms with van der Waals surface area (Å²) in [7, 11) is 0. The van der Waals surface area contributed by atoms with Gasteiger partial charge in [0.1, 0.15) is 17.2 Å². The van der Waals surface area contributed by atoms with Crippen LogP contribution in [0.1, 0.15) is 50.2 Å². The van der Waals surface area contributed by atoms with E-state index in [1.807, 2.05) is 13.0 Å². The molecule has 1 aliphatic carbocycles. The number of esters is 1. The Labute approximate surface area is 243 Å². The number of rotatable bonds is 7. The van der Waals surface area contributed by atoms with Crippen LogP contribution in [0.25, 0.3) is 0 Å². The molecule has 1 saturated heterocycles. The Kier molecular flexibility index (Phi) is 7.89. The Bertz CT molecular complexity index is 1550. The average Bonchev–Trinajstić information content (AvgIpc) is 3.56. The quantitative estimate of drug-likeness (QED) is 0.111. The molecule has 11 heteroatoms. The number of halogens is 2. The zero-order valence-corrected chi connectivity index (χ0v) is 23.5. The van der Waals surface area contributed by atoms with Gasteiger partial charge in [-0.2, -0.15) is 5.01 Å². The van der Waals surface area contributed by atoms with Crippen LogP contribution in [0.4, 0.5) is 0 Å². The number of benzene rings is 2. The molecule has 204 valence electrons. The Hall–Kier alpha value is -3.79. The minimum Gasteiger partial charge on any atom is -0.422 e. The number of thiophene rings is 1. The van der Waals surface area contributed by atoms with Gasteiger partial charge in [0.2, 0.25) is 0 Å². The highest BCUT2D eigenvalue weighted by Crippen LogP contribution is 2.39. The summed E-state index contributed by atoms with van der Waals surface area (Å²) in [6, 6.07) is 13.3.